The Bertz CT molecular complexity index is 748. The van der Waals surface area contributed by atoms with Crippen LogP contribution in [0.2, 0.25) is 0 Å². The molecule has 0 atom stereocenters. The molecule has 9 nitrogen and oxygen atoms in total. The van der Waals surface area contributed by atoms with Crippen LogP contribution in [-0.2, 0) is 0 Å². The van der Waals surface area contributed by atoms with E-state index in [-0.39, 0.29) is 5.56 Å². The van der Waals surface area contributed by atoms with Crippen LogP contribution in [0.5, 0.6) is 11.5 Å². The van der Waals surface area contributed by atoms with Gasteiger partial charge >= 0.3 is 11.4 Å². The number of nitro benzene ring substituents is 2. The largest absolute Gasteiger partial charge is 0.501 e. The van der Waals surface area contributed by atoms with Gasteiger partial charge in [-0.1, -0.05) is 30.3 Å². The van der Waals surface area contributed by atoms with E-state index in [0.29, 0.717) is 6.07 Å². The maximum absolute atomic E-state index is 12.3. The van der Waals surface area contributed by atoms with Crippen LogP contribution >= 0.6 is 0 Å². The van der Waals surface area contributed by atoms with Gasteiger partial charge in [0, 0.05) is 5.56 Å². The maximum Gasteiger partial charge on any atom is 0.318 e. The first kappa shape index (κ1) is 14.9. The molecule has 2 rings (SSSR count). The predicted octanol–water partition coefficient (Wildman–Crippen LogP) is 2.15. The molecular formula is C13H8N2O7. The quantitative estimate of drug-likeness (QED) is 0.500. The number of nitrogens with zero attached hydrogens (tertiary/aromatic N) is 2. The van der Waals surface area contributed by atoms with Crippen molar-refractivity contribution in [1.82, 2.24) is 0 Å². The lowest BCUT2D eigenvalue weighted by atomic mass is 9.99. The Labute approximate surface area is 122 Å². The van der Waals surface area contributed by atoms with Crippen molar-refractivity contribution < 1.29 is 24.9 Å². The minimum atomic E-state index is -1.12. The number of hydrogen-bond donors (Lipinski definition) is 2. The summed E-state index contributed by atoms with van der Waals surface area (Å²) in [4.78, 5) is 31.8. The van der Waals surface area contributed by atoms with Gasteiger partial charge in [-0.15, -0.1) is 0 Å². The van der Waals surface area contributed by atoms with Gasteiger partial charge in [0.15, 0.2) is 0 Å². The number of rotatable bonds is 4. The van der Waals surface area contributed by atoms with Gasteiger partial charge in [0.1, 0.15) is 11.6 Å². The third-order valence-corrected chi connectivity index (χ3v) is 2.89. The first-order chi connectivity index (χ1) is 10.3. The third kappa shape index (κ3) is 2.42. The number of carbonyl (C=O) groups is 1. The monoisotopic (exact) mass is 304 g/mol. The van der Waals surface area contributed by atoms with E-state index in [2.05, 4.69) is 0 Å². The molecule has 0 amide bonds. The normalized spacial score (nSPS) is 10.2. The molecule has 0 spiro atoms. The molecule has 0 fully saturated rings. The van der Waals surface area contributed by atoms with E-state index in [1.807, 2.05) is 0 Å². The number of hydrogen-bond acceptors (Lipinski definition) is 7. The zero-order chi connectivity index (χ0) is 16.4. The molecule has 0 saturated carbocycles. The Balaban J connectivity index is 2.77. The molecule has 0 aliphatic carbocycles. The lowest BCUT2D eigenvalue weighted by Gasteiger charge is -2.07. The second-order valence-corrected chi connectivity index (χ2v) is 4.20. The van der Waals surface area contributed by atoms with Crippen molar-refractivity contribution in [2.24, 2.45) is 0 Å². The van der Waals surface area contributed by atoms with Crippen molar-refractivity contribution in [3.05, 3.63) is 67.8 Å². The van der Waals surface area contributed by atoms with Crippen molar-refractivity contribution in [2.45, 2.75) is 0 Å². The van der Waals surface area contributed by atoms with E-state index >= 15 is 0 Å². The van der Waals surface area contributed by atoms with Gasteiger partial charge in [0.25, 0.3) is 0 Å². The van der Waals surface area contributed by atoms with Gasteiger partial charge in [-0.25, -0.2) is 0 Å². The summed E-state index contributed by atoms with van der Waals surface area (Å²) in [7, 11) is 0. The molecule has 2 aromatic carbocycles. The molecule has 0 aromatic heterocycles. The lowest BCUT2D eigenvalue weighted by molar-refractivity contribution is -0.395. The van der Waals surface area contributed by atoms with Gasteiger partial charge in [-0.3, -0.25) is 25.0 Å². The molecule has 0 aliphatic rings. The van der Waals surface area contributed by atoms with Crippen LogP contribution in [-0.4, -0.2) is 25.8 Å². The summed E-state index contributed by atoms with van der Waals surface area (Å²) in [6.07, 6.45) is 0. The molecular weight excluding hydrogens is 296 g/mol. The lowest BCUT2D eigenvalue weighted by Crippen LogP contribution is -2.05. The highest BCUT2D eigenvalue weighted by atomic mass is 16.6. The van der Waals surface area contributed by atoms with E-state index in [1.54, 1.807) is 6.07 Å². The standard InChI is InChI=1S/C13H8N2O7/c16-11(7-4-2-1-3-5-7)10-12(17)8(14(19)20)6-9(13(10)18)15(21)22/h1-6,17-18H. The smallest absolute Gasteiger partial charge is 0.318 e. The molecule has 2 N–H and O–H groups in total. The summed E-state index contributed by atoms with van der Waals surface area (Å²) in [6.45, 7) is 0. The molecule has 0 heterocycles. The molecule has 22 heavy (non-hydrogen) atoms. The fraction of sp³-hybridized carbons (Fsp3) is 0. The van der Waals surface area contributed by atoms with Crippen LogP contribution in [0.4, 0.5) is 11.4 Å². The van der Waals surface area contributed by atoms with Crippen molar-refractivity contribution in [2.75, 3.05) is 0 Å². The minimum absolute atomic E-state index is 0.00268. The summed E-state index contributed by atoms with van der Waals surface area (Å²) in [5.74, 6) is -3.22. The summed E-state index contributed by atoms with van der Waals surface area (Å²) in [5, 5.41) is 41.4. The van der Waals surface area contributed by atoms with Crippen molar-refractivity contribution in [1.29, 1.82) is 0 Å². The Kier molecular flexibility index (Phi) is 3.71. The molecule has 0 aliphatic heterocycles. The summed E-state index contributed by atoms with van der Waals surface area (Å²) in [6, 6.07) is 7.66. The topological polar surface area (TPSA) is 144 Å². The van der Waals surface area contributed by atoms with E-state index < -0.39 is 44.1 Å². The highest BCUT2D eigenvalue weighted by molar-refractivity contribution is 6.13. The highest BCUT2D eigenvalue weighted by Crippen LogP contribution is 2.43. The summed E-state index contributed by atoms with van der Waals surface area (Å²) in [5.41, 5.74) is -2.96. The van der Waals surface area contributed by atoms with Crippen molar-refractivity contribution in [3.8, 4) is 11.5 Å². The third-order valence-electron chi connectivity index (χ3n) is 2.89. The number of nitro groups is 2. The Morgan fingerprint density at radius 3 is 1.77 bits per heavy atom. The van der Waals surface area contributed by atoms with E-state index in [1.165, 1.54) is 24.3 Å². The number of carbonyl (C=O) groups excluding carboxylic acids is 1. The fourth-order valence-electron chi connectivity index (χ4n) is 1.86. The summed E-state index contributed by atoms with van der Waals surface area (Å²) < 4.78 is 0. The Hall–Kier alpha value is -3.49. The second kappa shape index (κ2) is 5.48. The summed E-state index contributed by atoms with van der Waals surface area (Å²) >= 11 is 0. The molecule has 0 saturated heterocycles. The van der Waals surface area contributed by atoms with Crippen LogP contribution < -0.4 is 0 Å². The van der Waals surface area contributed by atoms with Crippen molar-refractivity contribution >= 4 is 17.2 Å². The molecule has 9 heteroatoms. The van der Waals surface area contributed by atoms with Crippen molar-refractivity contribution in [3.63, 3.8) is 0 Å². The number of benzene rings is 2. The maximum atomic E-state index is 12.3. The number of phenolic OH excluding ortho intramolecular Hbond substituents is 2. The van der Waals surface area contributed by atoms with Gasteiger partial charge in [0.2, 0.25) is 17.3 Å². The Morgan fingerprint density at radius 1 is 0.909 bits per heavy atom. The minimum Gasteiger partial charge on any atom is -0.501 e. The first-order valence-electron chi connectivity index (χ1n) is 5.82. The highest BCUT2D eigenvalue weighted by Gasteiger charge is 2.33. The zero-order valence-electron chi connectivity index (χ0n) is 10.8. The van der Waals surface area contributed by atoms with Gasteiger partial charge < -0.3 is 10.2 Å². The SMILES string of the molecule is O=C(c1ccccc1)c1c(O)c([N+](=O)[O-])cc([N+](=O)[O-])c1O. The van der Waals surface area contributed by atoms with Gasteiger partial charge in [0.05, 0.1) is 9.85 Å². The zero-order valence-corrected chi connectivity index (χ0v) is 10.8. The van der Waals surface area contributed by atoms with Crippen LogP contribution in [0.15, 0.2) is 36.4 Å². The average molecular weight is 304 g/mol. The van der Waals surface area contributed by atoms with E-state index in [9.17, 15) is 35.2 Å². The number of aromatic hydroxyl groups is 2. The second-order valence-electron chi connectivity index (χ2n) is 4.20. The molecule has 0 unspecified atom stereocenters. The van der Waals surface area contributed by atoms with Crippen LogP contribution in [0.3, 0.4) is 0 Å². The van der Waals surface area contributed by atoms with Crippen LogP contribution in [0.25, 0.3) is 0 Å². The Morgan fingerprint density at radius 2 is 1.36 bits per heavy atom. The fourth-order valence-corrected chi connectivity index (χ4v) is 1.86. The molecule has 2 aromatic rings. The van der Waals surface area contributed by atoms with Gasteiger partial charge in [-0.2, -0.15) is 0 Å². The average Bonchev–Trinajstić information content (AvgIpc) is 2.47. The number of ketones is 1. The van der Waals surface area contributed by atoms with Crippen LogP contribution in [0.1, 0.15) is 15.9 Å². The van der Waals surface area contributed by atoms with E-state index in [4.69, 9.17) is 0 Å². The van der Waals surface area contributed by atoms with E-state index in [0.717, 1.165) is 0 Å². The number of phenols is 2. The molecule has 0 bridgehead atoms. The van der Waals surface area contributed by atoms with Gasteiger partial charge in [-0.05, 0) is 0 Å². The molecule has 112 valence electrons. The first-order valence-corrected chi connectivity index (χ1v) is 5.82. The van der Waals surface area contributed by atoms with Crippen LogP contribution in [0, 0.1) is 20.2 Å². The molecule has 0 radical (unpaired) electrons. The predicted molar refractivity (Wildman–Crippen MR) is 73.0 cm³/mol.